The van der Waals surface area contributed by atoms with Gasteiger partial charge in [-0.3, -0.25) is 0 Å². The van der Waals surface area contributed by atoms with E-state index in [1.54, 1.807) is 0 Å². The summed E-state index contributed by atoms with van der Waals surface area (Å²) in [6.45, 7) is 0.0969. The molecule has 0 bridgehead atoms. The fourth-order valence-electron chi connectivity index (χ4n) is 4.34. The zero-order valence-electron chi connectivity index (χ0n) is 14.8. The Labute approximate surface area is 158 Å². The van der Waals surface area contributed by atoms with Crippen LogP contribution in [0, 0.1) is 0 Å². The lowest BCUT2D eigenvalue weighted by Gasteiger charge is -2.37. The van der Waals surface area contributed by atoms with Gasteiger partial charge in [0.1, 0.15) is 11.2 Å². The molecule has 1 heterocycles. The van der Waals surface area contributed by atoms with Gasteiger partial charge in [0.15, 0.2) is 0 Å². The summed E-state index contributed by atoms with van der Waals surface area (Å²) in [7, 11) is 0. The molecule has 0 saturated carbocycles. The van der Waals surface area contributed by atoms with Crippen LogP contribution in [-0.4, -0.2) is 23.4 Å². The van der Waals surface area contributed by atoms with Crippen molar-refractivity contribution in [1.82, 2.24) is 0 Å². The molecule has 0 aromatic rings. The van der Waals surface area contributed by atoms with E-state index in [2.05, 4.69) is 0 Å². The van der Waals surface area contributed by atoms with Crippen molar-refractivity contribution in [3.63, 3.8) is 0 Å². The van der Waals surface area contributed by atoms with E-state index in [1.807, 2.05) is 84.9 Å². The lowest BCUT2D eigenvalue weighted by atomic mass is 9.74. The third-order valence-electron chi connectivity index (χ3n) is 5.78. The van der Waals surface area contributed by atoms with Crippen LogP contribution in [-0.2, 0) is 15.9 Å². The van der Waals surface area contributed by atoms with Gasteiger partial charge >= 0.3 is 0 Å². The lowest BCUT2D eigenvalue weighted by molar-refractivity contribution is -0.128. The van der Waals surface area contributed by atoms with Crippen molar-refractivity contribution < 1.29 is 14.9 Å². The van der Waals surface area contributed by atoms with Crippen molar-refractivity contribution in [3.05, 3.63) is 96.1 Å². The van der Waals surface area contributed by atoms with Crippen molar-refractivity contribution in [2.24, 2.45) is 0 Å². The molecule has 0 amide bonds. The number of hydrogen-bond donors (Lipinski definition) is 2. The van der Waals surface area contributed by atoms with Gasteiger partial charge in [-0.05, 0) is 33.4 Å². The highest BCUT2D eigenvalue weighted by Crippen LogP contribution is 2.51. The van der Waals surface area contributed by atoms with Crippen molar-refractivity contribution in [2.45, 2.75) is 11.2 Å². The smallest absolute Gasteiger partial charge is 0.148 e. The molecule has 1 saturated heterocycles. The maximum atomic E-state index is 11.8. The van der Waals surface area contributed by atoms with Gasteiger partial charge in [0, 0.05) is 0 Å². The Morgan fingerprint density at radius 2 is 1.00 bits per heavy atom. The van der Waals surface area contributed by atoms with Crippen LogP contribution in [0.3, 0.4) is 0 Å². The summed E-state index contributed by atoms with van der Waals surface area (Å²) in [4.78, 5) is 0. The summed E-state index contributed by atoms with van der Waals surface area (Å²) in [6, 6.07) is 27.5. The minimum atomic E-state index is -1.53. The average molecular weight is 356 g/mol. The predicted octanol–water partition coefficient (Wildman–Crippen LogP) is 4.00. The summed E-state index contributed by atoms with van der Waals surface area (Å²) in [6.07, 6.45) is 0. The Bertz CT molecular complexity index is 974. The fourth-order valence-corrected chi connectivity index (χ4v) is 4.34. The first kappa shape index (κ1) is 16.5. The van der Waals surface area contributed by atoms with E-state index in [1.165, 1.54) is 0 Å². The second kappa shape index (κ2) is 5.89. The Balaban J connectivity index is 1.71. The lowest BCUT2D eigenvalue weighted by Crippen LogP contribution is -2.48. The highest BCUT2D eigenvalue weighted by molar-refractivity contribution is 5.75. The third-order valence-corrected chi connectivity index (χ3v) is 5.78. The third kappa shape index (κ3) is 2.26. The Morgan fingerprint density at radius 3 is 1.48 bits per heavy atom. The number of aliphatic hydroxyl groups is 2. The van der Waals surface area contributed by atoms with E-state index >= 15 is 0 Å². The largest absolute Gasteiger partial charge is 0.379 e. The van der Waals surface area contributed by atoms with Gasteiger partial charge in [-0.25, -0.2) is 0 Å². The van der Waals surface area contributed by atoms with E-state index in [0.717, 1.165) is 22.3 Å². The zero-order valence-corrected chi connectivity index (χ0v) is 14.8. The summed E-state index contributed by atoms with van der Waals surface area (Å²) in [5.74, 6) is 0. The quantitative estimate of drug-likeness (QED) is 0.571. The number of rotatable bonds is 2. The van der Waals surface area contributed by atoms with Gasteiger partial charge in [-0.1, -0.05) is 84.9 Å². The summed E-state index contributed by atoms with van der Waals surface area (Å²) < 4.78 is 5.67. The van der Waals surface area contributed by atoms with E-state index in [-0.39, 0.29) is 13.2 Å². The SMILES string of the molecule is OC1(c2ccc3cccccc2-3)COCC1(O)c1ccc2cccccc1-2. The first-order valence-electron chi connectivity index (χ1n) is 9.12. The molecule has 0 aromatic heterocycles. The van der Waals surface area contributed by atoms with Crippen molar-refractivity contribution in [2.75, 3.05) is 13.2 Å². The monoisotopic (exact) mass is 356 g/mol. The molecular formula is C24H20O3. The molecule has 3 heteroatoms. The summed E-state index contributed by atoms with van der Waals surface area (Å²) in [5.41, 5.74) is 2.23. The Kier molecular flexibility index (Phi) is 3.59. The highest BCUT2D eigenvalue weighted by atomic mass is 16.5. The number of hydrogen-bond acceptors (Lipinski definition) is 3. The van der Waals surface area contributed by atoms with E-state index in [9.17, 15) is 10.2 Å². The number of fused-ring (bicyclic) bond motifs is 2. The summed E-state index contributed by atoms with van der Waals surface area (Å²) in [5, 5.41) is 23.5. The molecule has 0 aromatic carbocycles. The van der Waals surface area contributed by atoms with Gasteiger partial charge in [0.05, 0.1) is 13.2 Å². The molecule has 2 atom stereocenters. The van der Waals surface area contributed by atoms with Gasteiger partial charge < -0.3 is 14.9 Å². The predicted molar refractivity (Wildman–Crippen MR) is 105 cm³/mol. The molecule has 1 aliphatic heterocycles. The van der Waals surface area contributed by atoms with Crippen LogP contribution < -0.4 is 0 Å². The van der Waals surface area contributed by atoms with Crippen molar-refractivity contribution in [3.8, 4) is 22.3 Å². The van der Waals surface area contributed by atoms with Crippen LogP contribution >= 0.6 is 0 Å². The maximum absolute atomic E-state index is 11.8. The molecule has 2 unspecified atom stereocenters. The molecular weight excluding hydrogens is 336 g/mol. The standard InChI is InChI=1S/C24H20O3/c25-23(21-13-11-17-7-3-1-5-9-19(17)21)15-27-16-24(23,26)22-14-12-18-8-4-2-6-10-20(18)22/h1-14,25-26H,15-16H2. The zero-order chi connectivity index (χ0) is 18.5. The van der Waals surface area contributed by atoms with Gasteiger partial charge in [0.2, 0.25) is 0 Å². The fraction of sp³-hybridized carbons (Fsp3) is 0.167. The van der Waals surface area contributed by atoms with Crippen LogP contribution in [0.4, 0.5) is 0 Å². The van der Waals surface area contributed by atoms with E-state index in [4.69, 9.17) is 4.74 Å². The molecule has 1 fully saturated rings. The normalized spacial score (nSPS) is 25.3. The molecule has 0 radical (unpaired) electrons. The first-order chi connectivity index (χ1) is 13.1. The van der Waals surface area contributed by atoms with Crippen LogP contribution in [0.25, 0.3) is 22.3 Å². The van der Waals surface area contributed by atoms with Gasteiger partial charge in [-0.15, -0.1) is 0 Å². The van der Waals surface area contributed by atoms with Crippen LogP contribution in [0.5, 0.6) is 0 Å². The highest BCUT2D eigenvalue weighted by Gasteiger charge is 2.58. The first-order valence-corrected chi connectivity index (χ1v) is 9.12. The maximum Gasteiger partial charge on any atom is 0.148 e. The second-order valence-corrected chi connectivity index (χ2v) is 7.27. The minimum Gasteiger partial charge on any atom is -0.379 e. The number of ether oxygens (including phenoxy) is 1. The summed E-state index contributed by atoms with van der Waals surface area (Å²) >= 11 is 0. The second-order valence-electron chi connectivity index (χ2n) is 7.27. The molecule has 3 nitrogen and oxygen atoms in total. The van der Waals surface area contributed by atoms with Crippen molar-refractivity contribution in [1.29, 1.82) is 0 Å². The van der Waals surface area contributed by atoms with Crippen LogP contribution in [0.15, 0.2) is 84.9 Å². The molecule has 134 valence electrons. The van der Waals surface area contributed by atoms with E-state index in [0.29, 0.717) is 11.1 Å². The van der Waals surface area contributed by atoms with Gasteiger partial charge in [0.25, 0.3) is 0 Å². The molecule has 0 spiro atoms. The molecule has 2 N–H and O–H groups in total. The molecule has 27 heavy (non-hydrogen) atoms. The molecule has 5 rings (SSSR count). The van der Waals surface area contributed by atoms with Crippen LogP contribution in [0.2, 0.25) is 0 Å². The van der Waals surface area contributed by atoms with Crippen LogP contribution in [0.1, 0.15) is 11.1 Å². The van der Waals surface area contributed by atoms with Crippen molar-refractivity contribution >= 4 is 0 Å². The Morgan fingerprint density at radius 1 is 0.556 bits per heavy atom. The Hall–Kier alpha value is -2.72. The minimum absolute atomic E-state index is 0.0485. The van der Waals surface area contributed by atoms with Gasteiger partial charge in [-0.2, -0.15) is 0 Å². The molecule has 5 aliphatic rings. The van der Waals surface area contributed by atoms with E-state index < -0.39 is 11.2 Å². The molecule has 4 aliphatic carbocycles. The average Bonchev–Trinajstić information content (AvgIpc) is 3.21. The topological polar surface area (TPSA) is 49.7 Å².